The normalized spacial score (nSPS) is 9.90. The molecule has 2 N–H and O–H groups in total. The van der Waals surface area contributed by atoms with Crippen LogP contribution in [0.3, 0.4) is 0 Å². The van der Waals surface area contributed by atoms with E-state index in [4.69, 9.17) is 0 Å². The maximum atomic E-state index is 11.7. The Balaban J connectivity index is 2.48. The summed E-state index contributed by atoms with van der Waals surface area (Å²) >= 11 is 0. The van der Waals surface area contributed by atoms with Crippen LogP contribution < -0.4 is 10.6 Å². The number of rotatable bonds is 4. The highest BCUT2D eigenvalue weighted by Gasteiger charge is 2.15. The van der Waals surface area contributed by atoms with Gasteiger partial charge in [-0.15, -0.1) is 0 Å². The average Bonchev–Trinajstić information content (AvgIpc) is 2.41. The summed E-state index contributed by atoms with van der Waals surface area (Å²) in [6.45, 7) is 3.94. The van der Waals surface area contributed by atoms with Crippen molar-refractivity contribution in [2.45, 2.75) is 20.3 Å². The number of carbonyl (C=O) groups excluding carboxylic acids is 3. The third-order valence-corrected chi connectivity index (χ3v) is 2.96. The van der Waals surface area contributed by atoms with Gasteiger partial charge in [-0.05, 0) is 25.5 Å². The lowest BCUT2D eigenvalue weighted by Gasteiger charge is -2.11. The first-order valence-corrected chi connectivity index (χ1v) is 6.68. The van der Waals surface area contributed by atoms with Gasteiger partial charge in [0.25, 0.3) is 0 Å². The van der Waals surface area contributed by atoms with Crippen molar-refractivity contribution in [3.8, 4) is 0 Å². The van der Waals surface area contributed by atoms with Crippen molar-refractivity contribution in [2.75, 3.05) is 26.0 Å². The molecule has 3 amide bonds. The van der Waals surface area contributed by atoms with Gasteiger partial charge >= 0.3 is 11.8 Å². The van der Waals surface area contributed by atoms with E-state index in [2.05, 4.69) is 10.6 Å². The second-order valence-electron chi connectivity index (χ2n) is 5.07. The molecule has 0 saturated carbocycles. The number of nitrogens with zero attached hydrogens (tertiary/aromatic N) is 1. The molecule has 0 atom stereocenters. The fourth-order valence-electron chi connectivity index (χ4n) is 1.72. The molecule has 0 fully saturated rings. The molecule has 0 spiro atoms. The Morgan fingerprint density at radius 2 is 1.76 bits per heavy atom. The average molecular weight is 291 g/mol. The molecule has 21 heavy (non-hydrogen) atoms. The predicted molar refractivity (Wildman–Crippen MR) is 80.9 cm³/mol. The first-order chi connectivity index (χ1) is 9.81. The highest BCUT2D eigenvalue weighted by molar-refractivity contribution is 6.39. The number of hydrogen-bond donors (Lipinski definition) is 2. The summed E-state index contributed by atoms with van der Waals surface area (Å²) in [5.41, 5.74) is 2.57. The molecule has 0 bridgehead atoms. The van der Waals surface area contributed by atoms with Crippen LogP contribution >= 0.6 is 0 Å². The van der Waals surface area contributed by atoms with Crippen molar-refractivity contribution >= 4 is 23.4 Å². The van der Waals surface area contributed by atoms with E-state index >= 15 is 0 Å². The molecule has 1 aromatic rings. The smallest absolute Gasteiger partial charge is 0.313 e. The van der Waals surface area contributed by atoms with Crippen LogP contribution in [0, 0.1) is 13.8 Å². The van der Waals surface area contributed by atoms with Gasteiger partial charge < -0.3 is 15.5 Å². The number of hydrogen-bond acceptors (Lipinski definition) is 3. The second kappa shape index (κ2) is 7.42. The third kappa shape index (κ3) is 5.25. The SMILES string of the molecule is Cc1ccc(NC(=O)C(=O)NCCC(=O)N(C)C)c(C)c1. The lowest BCUT2D eigenvalue weighted by molar-refractivity contribution is -0.136. The lowest BCUT2D eigenvalue weighted by atomic mass is 10.1. The highest BCUT2D eigenvalue weighted by Crippen LogP contribution is 2.15. The summed E-state index contributed by atoms with van der Waals surface area (Å²) in [7, 11) is 3.27. The van der Waals surface area contributed by atoms with E-state index < -0.39 is 11.8 Å². The van der Waals surface area contributed by atoms with E-state index in [9.17, 15) is 14.4 Å². The summed E-state index contributed by atoms with van der Waals surface area (Å²) in [6.07, 6.45) is 0.162. The van der Waals surface area contributed by atoms with E-state index in [1.165, 1.54) is 4.90 Å². The molecule has 0 radical (unpaired) electrons. The van der Waals surface area contributed by atoms with Gasteiger partial charge in [0.05, 0.1) is 0 Å². The summed E-state index contributed by atoms with van der Waals surface area (Å²) in [5.74, 6) is -1.59. The summed E-state index contributed by atoms with van der Waals surface area (Å²) in [6, 6.07) is 5.53. The fourth-order valence-corrected chi connectivity index (χ4v) is 1.72. The summed E-state index contributed by atoms with van der Waals surface area (Å²) in [4.78, 5) is 36.1. The minimum atomic E-state index is -0.749. The van der Waals surface area contributed by atoms with Gasteiger partial charge in [-0.25, -0.2) is 0 Å². The molecular weight excluding hydrogens is 270 g/mol. The van der Waals surface area contributed by atoms with E-state index in [0.717, 1.165) is 11.1 Å². The number of carbonyl (C=O) groups is 3. The maximum absolute atomic E-state index is 11.7. The van der Waals surface area contributed by atoms with Gasteiger partial charge in [-0.3, -0.25) is 14.4 Å². The van der Waals surface area contributed by atoms with Crippen molar-refractivity contribution in [3.63, 3.8) is 0 Å². The molecule has 6 heteroatoms. The fraction of sp³-hybridized carbons (Fsp3) is 0.400. The molecule has 1 rings (SSSR count). The Kier molecular flexibility index (Phi) is 5.90. The van der Waals surface area contributed by atoms with Gasteiger partial charge in [0.2, 0.25) is 5.91 Å². The van der Waals surface area contributed by atoms with E-state index in [1.54, 1.807) is 20.2 Å². The molecule has 0 heterocycles. The van der Waals surface area contributed by atoms with Crippen molar-refractivity contribution < 1.29 is 14.4 Å². The standard InChI is InChI=1S/C15H21N3O3/c1-10-5-6-12(11(2)9-10)17-15(21)14(20)16-8-7-13(19)18(3)4/h5-6,9H,7-8H2,1-4H3,(H,16,20)(H,17,21). The minimum Gasteiger partial charge on any atom is -0.349 e. The first kappa shape index (κ1) is 16.7. The van der Waals surface area contributed by atoms with Crippen molar-refractivity contribution in [1.29, 1.82) is 0 Å². The van der Waals surface area contributed by atoms with Gasteiger partial charge in [0.1, 0.15) is 0 Å². The Morgan fingerprint density at radius 1 is 1.10 bits per heavy atom. The summed E-state index contributed by atoms with van der Waals surface area (Å²) < 4.78 is 0. The van der Waals surface area contributed by atoms with Crippen LogP contribution in [0.5, 0.6) is 0 Å². The van der Waals surface area contributed by atoms with E-state index in [1.807, 2.05) is 26.0 Å². The van der Waals surface area contributed by atoms with Crippen LogP contribution in [0.4, 0.5) is 5.69 Å². The van der Waals surface area contributed by atoms with Gasteiger partial charge in [0, 0.05) is 32.7 Å². The van der Waals surface area contributed by atoms with Crippen LogP contribution in [0.15, 0.2) is 18.2 Å². The van der Waals surface area contributed by atoms with Crippen LogP contribution in [0.25, 0.3) is 0 Å². The van der Waals surface area contributed by atoms with Crippen LogP contribution in [-0.2, 0) is 14.4 Å². The van der Waals surface area contributed by atoms with Crippen molar-refractivity contribution in [3.05, 3.63) is 29.3 Å². The molecule has 0 aliphatic heterocycles. The zero-order valence-corrected chi connectivity index (χ0v) is 12.8. The molecule has 0 unspecified atom stereocenters. The largest absolute Gasteiger partial charge is 0.349 e. The van der Waals surface area contributed by atoms with Crippen molar-refractivity contribution in [1.82, 2.24) is 10.2 Å². The van der Waals surface area contributed by atoms with Gasteiger partial charge in [-0.2, -0.15) is 0 Å². The Labute approximate surface area is 124 Å². The molecule has 1 aromatic carbocycles. The Hall–Kier alpha value is -2.37. The third-order valence-electron chi connectivity index (χ3n) is 2.96. The second-order valence-corrected chi connectivity index (χ2v) is 5.07. The van der Waals surface area contributed by atoms with Gasteiger partial charge in [-0.1, -0.05) is 17.7 Å². The molecular formula is C15H21N3O3. The lowest BCUT2D eigenvalue weighted by Crippen LogP contribution is -2.37. The molecule has 0 aliphatic rings. The monoisotopic (exact) mass is 291 g/mol. The number of benzene rings is 1. The highest BCUT2D eigenvalue weighted by atomic mass is 16.2. The first-order valence-electron chi connectivity index (χ1n) is 6.68. The Bertz CT molecular complexity index is 553. The Morgan fingerprint density at radius 3 is 2.33 bits per heavy atom. The van der Waals surface area contributed by atoms with Crippen molar-refractivity contribution in [2.24, 2.45) is 0 Å². The molecule has 0 aliphatic carbocycles. The number of aryl methyl sites for hydroxylation is 2. The number of nitrogens with one attached hydrogen (secondary N) is 2. The number of amides is 3. The number of anilines is 1. The zero-order valence-electron chi connectivity index (χ0n) is 12.8. The van der Waals surface area contributed by atoms with Crippen LogP contribution in [-0.4, -0.2) is 43.3 Å². The maximum Gasteiger partial charge on any atom is 0.313 e. The van der Waals surface area contributed by atoms with Crippen LogP contribution in [0.1, 0.15) is 17.5 Å². The minimum absolute atomic E-state index is 0.106. The quantitative estimate of drug-likeness (QED) is 0.807. The van der Waals surface area contributed by atoms with Crippen LogP contribution in [0.2, 0.25) is 0 Å². The predicted octanol–water partition coefficient (Wildman–Crippen LogP) is 0.836. The van der Waals surface area contributed by atoms with E-state index in [-0.39, 0.29) is 18.9 Å². The molecule has 0 saturated heterocycles. The molecule has 114 valence electrons. The molecule has 6 nitrogen and oxygen atoms in total. The zero-order chi connectivity index (χ0) is 16.0. The topological polar surface area (TPSA) is 78.5 Å². The van der Waals surface area contributed by atoms with Gasteiger partial charge in [0.15, 0.2) is 0 Å². The summed E-state index contributed by atoms with van der Waals surface area (Å²) in [5, 5.41) is 4.97. The van der Waals surface area contributed by atoms with E-state index in [0.29, 0.717) is 5.69 Å². The molecule has 0 aromatic heterocycles.